The van der Waals surface area contributed by atoms with E-state index in [0.29, 0.717) is 24.5 Å². The highest BCUT2D eigenvalue weighted by molar-refractivity contribution is 6.08. The largest absolute Gasteiger partial charge is 0.508 e. The van der Waals surface area contributed by atoms with E-state index in [9.17, 15) is 15.0 Å². The molecule has 0 radical (unpaired) electrons. The first kappa shape index (κ1) is 20.0. The second-order valence-corrected chi connectivity index (χ2v) is 7.04. The average Bonchev–Trinajstić information content (AvgIpc) is 2.69. The second-order valence-electron chi connectivity index (χ2n) is 7.04. The molecular weight excluding hydrogens is 354 g/mol. The van der Waals surface area contributed by atoms with Crippen molar-refractivity contribution in [1.29, 1.82) is 0 Å². The van der Waals surface area contributed by atoms with Crippen molar-refractivity contribution in [2.75, 3.05) is 19.7 Å². The zero-order valence-electron chi connectivity index (χ0n) is 16.2. The maximum atomic E-state index is 12.7. The molecule has 0 amide bonds. The zero-order valence-corrected chi connectivity index (χ0v) is 16.2. The van der Waals surface area contributed by atoms with Crippen molar-refractivity contribution in [3.05, 3.63) is 59.2 Å². The lowest BCUT2D eigenvalue weighted by Crippen LogP contribution is -2.29. The van der Waals surface area contributed by atoms with Gasteiger partial charge in [0.1, 0.15) is 17.2 Å². The highest BCUT2D eigenvalue weighted by Gasteiger charge is 2.18. The molecule has 5 nitrogen and oxygen atoms in total. The Morgan fingerprint density at radius 3 is 2.64 bits per heavy atom. The third kappa shape index (κ3) is 5.14. The van der Waals surface area contributed by atoms with Crippen LogP contribution in [-0.2, 0) is 6.54 Å². The van der Waals surface area contributed by atoms with Crippen molar-refractivity contribution >= 4 is 11.9 Å². The molecule has 0 aromatic heterocycles. The number of piperidine rings is 1. The number of hydrogen-bond donors (Lipinski definition) is 2. The third-order valence-electron chi connectivity index (χ3n) is 4.88. The molecule has 0 aliphatic carbocycles. The minimum atomic E-state index is -0.288. The van der Waals surface area contributed by atoms with Crippen molar-refractivity contribution in [3.8, 4) is 17.2 Å². The molecule has 2 aromatic rings. The van der Waals surface area contributed by atoms with Crippen LogP contribution < -0.4 is 4.74 Å². The van der Waals surface area contributed by atoms with Gasteiger partial charge in [-0.2, -0.15) is 0 Å². The van der Waals surface area contributed by atoms with Gasteiger partial charge in [-0.05, 0) is 62.7 Å². The molecule has 0 atom stereocenters. The lowest BCUT2D eigenvalue weighted by Gasteiger charge is -2.27. The number of benzene rings is 2. The van der Waals surface area contributed by atoms with Gasteiger partial charge >= 0.3 is 0 Å². The Morgan fingerprint density at radius 1 is 1.14 bits per heavy atom. The van der Waals surface area contributed by atoms with Crippen molar-refractivity contribution < 1.29 is 19.7 Å². The van der Waals surface area contributed by atoms with Gasteiger partial charge in [-0.25, -0.2) is 0 Å². The van der Waals surface area contributed by atoms with Gasteiger partial charge < -0.3 is 14.9 Å². The fraction of sp³-hybridized carbons (Fsp3) is 0.348. The van der Waals surface area contributed by atoms with Crippen LogP contribution in [0.1, 0.15) is 47.7 Å². The number of rotatable bonds is 7. The molecule has 1 saturated heterocycles. The quantitative estimate of drug-likeness (QED) is 0.550. The number of hydrogen-bond acceptors (Lipinski definition) is 5. The van der Waals surface area contributed by atoms with E-state index >= 15 is 0 Å². The Hall–Kier alpha value is -2.79. The van der Waals surface area contributed by atoms with E-state index in [1.807, 2.05) is 6.92 Å². The summed E-state index contributed by atoms with van der Waals surface area (Å²) in [5, 5.41) is 19.9. The molecule has 1 heterocycles. The van der Waals surface area contributed by atoms with Gasteiger partial charge in [-0.15, -0.1) is 0 Å². The van der Waals surface area contributed by atoms with E-state index < -0.39 is 0 Å². The summed E-state index contributed by atoms with van der Waals surface area (Å²) in [6.45, 7) is 5.17. The molecular formula is C23H27NO4. The van der Waals surface area contributed by atoms with E-state index in [0.717, 1.165) is 18.7 Å². The molecule has 1 fully saturated rings. The fourth-order valence-corrected chi connectivity index (χ4v) is 3.47. The molecule has 2 aromatic carbocycles. The lowest BCUT2D eigenvalue weighted by atomic mass is 10.0. The van der Waals surface area contributed by atoms with Gasteiger partial charge in [-0.3, -0.25) is 9.69 Å². The lowest BCUT2D eigenvalue weighted by molar-refractivity contribution is 0.104. The summed E-state index contributed by atoms with van der Waals surface area (Å²) >= 11 is 0. The number of ether oxygens (including phenoxy) is 1. The normalized spacial score (nSPS) is 15.0. The van der Waals surface area contributed by atoms with Crippen molar-refractivity contribution in [2.24, 2.45) is 0 Å². The molecule has 3 rings (SSSR count). The van der Waals surface area contributed by atoms with Crippen LogP contribution >= 0.6 is 0 Å². The SMILES string of the molecule is CCOc1cc(O)c(C(=O)/C=C/c2cccc(O)c2)cc1CN1CCCCC1. The van der Waals surface area contributed by atoms with E-state index in [4.69, 9.17) is 4.74 Å². The van der Waals surface area contributed by atoms with Gasteiger partial charge in [0.2, 0.25) is 0 Å². The van der Waals surface area contributed by atoms with Crippen LogP contribution in [0.25, 0.3) is 6.08 Å². The van der Waals surface area contributed by atoms with Crippen LogP contribution in [0.3, 0.4) is 0 Å². The molecule has 0 spiro atoms. The molecule has 5 heteroatoms. The van der Waals surface area contributed by atoms with Crippen molar-refractivity contribution in [2.45, 2.75) is 32.7 Å². The van der Waals surface area contributed by atoms with Gasteiger partial charge in [0.15, 0.2) is 5.78 Å². The maximum Gasteiger partial charge on any atom is 0.189 e. The summed E-state index contributed by atoms with van der Waals surface area (Å²) in [7, 11) is 0. The number of allylic oxidation sites excluding steroid dienone is 1. The first-order chi connectivity index (χ1) is 13.6. The van der Waals surface area contributed by atoms with Crippen LogP contribution in [0.15, 0.2) is 42.5 Å². The summed E-state index contributed by atoms with van der Waals surface area (Å²) in [5.41, 5.74) is 1.88. The summed E-state index contributed by atoms with van der Waals surface area (Å²) in [6, 6.07) is 9.93. The number of likely N-dealkylation sites (tertiary alicyclic amines) is 1. The Labute approximate surface area is 165 Å². The minimum absolute atomic E-state index is 0.0867. The van der Waals surface area contributed by atoms with Gasteiger partial charge in [0.05, 0.1) is 12.2 Å². The number of ketones is 1. The van der Waals surface area contributed by atoms with Crippen molar-refractivity contribution in [3.63, 3.8) is 0 Å². The van der Waals surface area contributed by atoms with Gasteiger partial charge in [0.25, 0.3) is 0 Å². The average molecular weight is 381 g/mol. The summed E-state index contributed by atoms with van der Waals surface area (Å²) in [6.07, 6.45) is 6.66. The predicted molar refractivity (Wildman–Crippen MR) is 110 cm³/mol. The number of carbonyl (C=O) groups excluding carboxylic acids is 1. The van der Waals surface area contributed by atoms with Crippen LogP contribution in [-0.4, -0.2) is 40.6 Å². The smallest absolute Gasteiger partial charge is 0.189 e. The molecule has 2 N–H and O–H groups in total. The molecule has 0 bridgehead atoms. The van der Waals surface area contributed by atoms with Crippen LogP contribution in [0.2, 0.25) is 0 Å². The number of nitrogens with zero attached hydrogens (tertiary/aromatic N) is 1. The van der Waals surface area contributed by atoms with Crippen LogP contribution in [0.4, 0.5) is 0 Å². The highest BCUT2D eigenvalue weighted by atomic mass is 16.5. The summed E-state index contributed by atoms with van der Waals surface area (Å²) in [5.74, 6) is 0.390. The fourth-order valence-electron chi connectivity index (χ4n) is 3.47. The minimum Gasteiger partial charge on any atom is -0.508 e. The Kier molecular flexibility index (Phi) is 6.71. The summed E-state index contributed by atoms with van der Waals surface area (Å²) in [4.78, 5) is 15.0. The number of phenols is 2. The van der Waals surface area contributed by atoms with Crippen LogP contribution in [0.5, 0.6) is 17.2 Å². The first-order valence-corrected chi connectivity index (χ1v) is 9.79. The first-order valence-electron chi connectivity index (χ1n) is 9.79. The van der Waals surface area contributed by atoms with E-state index in [-0.39, 0.29) is 22.8 Å². The van der Waals surface area contributed by atoms with Crippen LogP contribution in [0, 0.1) is 0 Å². The van der Waals surface area contributed by atoms with Gasteiger partial charge in [0, 0.05) is 18.2 Å². The molecule has 28 heavy (non-hydrogen) atoms. The van der Waals surface area contributed by atoms with E-state index in [1.54, 1.807) is 36.4 Å². The molecule has 148 valence electrons. The highest BCUT2D eigenvalue weighted by Crippen LogP contribution is 2.31. The molecule has 0 saturated carbocycles. The Balaban J connectivity index is 1.84. The Morgan fingerprint density at radius 2 is 1.93 bits per heavy atom. The summed E-state index contributed by atoms with van der Waals surface area (Å²) < 4.78 is 5.69. The number of carbonyl (C=O) groups is 1. The second kappa shape index (κ2) is 9.42. The third-order valence-corrected chi connectivity index (χ3v) is 4.88. The molecule has 1 aliphatic rings. The molecule has 0 unspecified atom stereocenters. The Bertz CT molecular complexity index is 854. The van der Waals surface area contributed by atoms with Gasteiger partial charge in [-0.1, -0.05) is 24.6 Å². The van der Waals surface area contributed by atoms with E-state index in [1.165, 1.54) is 31.4 Å². The molecule has 1 aliphatic heterocycles. The monoisotopic (exact) mass is 381 g/mol. The number of phenolic OH excluding ortho intramolecular Hbond substituents is 2. The van der Waals surface area contributed by atoms with E-state index in [2.05, 4.69) is 4.90 Å². The maximum absolute atomic E-state index is 12.7. The zero-order chi connectivity index (χ0) is 19.9. The predicted octanol–water partition coefficient (Wildman–Crippen LogP) is 4.38. The standard InChI is InChI=1S/C23H27NO4/c1-2-28-23-15-22(27)20(14-18(23)16-24-11-4-3-5-12-24)21(26)10-9-17-7-6-8-19(25)13-17/h6-10,13-15,25,27H,2-5,11-12,16H2,1H3/b10-9+. The number of aromatic hydroxyl groups is 2. The topological polar surface area (TPSA) is 70.0 Å². The van der Waals surface area contributed by atoms with Crippen molar-refractivity contribution in [1.82, 2.24) is 4.90 Å².